The van der Waals surface area contributed by atoms with Gasteiger partial charge in [0, 0.05) is 29.1 Å². The summed E-state index contributed by atoms with van der Waals surface area (Å²) < 4.78 is 16.4. The summed E-state index contributed by atoms with van der Waals surface area (Å²) in [6.07, 6.45) is -0.0683. The zero-order chi connectivity index (χ0) is 24.0. The highest BCUT2D eigenvalue weighted by atomic mass is 79.9. The van der Waals surface area contributed by atoms with E-state index in [-0.39, 0.29) is 18.9 Å². The fourth-order valence-electron chi connectivity index (χ4n) is 3.20. The van der Waals surface area contributed by atoms with E-state index in [1.807, 2.05) is 0 Å². The Morgan fingerprint density at radius 1 is 1.06 bits per heavy atom. The van der Waals surface area contributed by atoms with Crippen molar-refractivity contribution in [2.75, 3.05) is 32.3 Å². The third-order valence-corrected chi connectivity index (χ3v) is 5.43. The van der Waals surface area contributed by atoms with Crippen LogP contribution in [0.2, 0.25) is 0 Å². The molecular weight excluding hydrogens is 498 g/mol. The number of carbonyl (C=O) groups excluding carboxylic acids is 4. The van der Waals surface area contributed by atoms with Gasteiger partial charge in [0.2, 0.25) is 5.91 Å². The van der Waals surface area contributed by atoms with Crippen molar-refractivity contribution >= 4 is 45.3 Å². The van der Waals surface area contributed by atoms with E-state index in [0.29, 0.717) is 22.7 Å². The number of methoxy groups -OCH3 is 2. The molecular formula is C22H22BrN3O7. The molecule has 33 heavy (non-hydrogen) atoms. The van der Waals surface area contributed by atoms with E-state index >= 15 is 0 Å². The Balaban J connectivity index is 1.51. The number of carbonyl (C=O) groups is 4. The molecule has 0 aromatic heterocycles. The monoisotopic (exact) mass is 519 g/mol. The normalized spacial score (nSPS) is 15.1. The first-order valence-corrected chi connectivity index (χ1v) is 10.7. The van der Waals surface area contributed by atoms with Gasteiger partial charge in [0.15, 0.2) is 6.61 Å². The van der Waals surface area contributed by atoms with Gasteiger partial charge in [0.1, 0.15) is 11.5 Å². The van der Waals surface area contributed by atoms with Gasteiger partial charge in [-0.05, 0) is 36.4 Å². The Bertz CT molecular complexity index is 1060. The van der Waals surface area contributed by atoms with Gasteiger partial charge in [-0.2, -0.15) is 0 Å². The Morgan fingerprint density at radius 3 is 2.45 bits per heavy atom. The first-order chi connectivity index (χ1) is 15.8. The predicted octanol–water partition coefficient (Wildman–Crippen LogP) is 1.82. The molecule has 1 aliphatic rings. The van der Waals surface area contributed by atoms with Gasteiger partial charge >= 0.3 is 5.97 Å². The number of hydrazine groups is 1. The summed E-state index contributed by atoms with van der Waals surface area (Å²) in [4.78, 5) is 50.3. The largest absolute Gasteiger partial charge is 0.497 e. The summed E-state index contributed by atoms with van der Waals surface area (Å²) in [6.45, 7) is -0.532. The summed E-state index contributed by atoms with van der Waals surface area (Å²) in [5.41, 5.74) is 5.23. The number of anilines is 1. The zero-order valence-electron chi connectivity index (χ0n) is 17.9. The third kappa shape index (κ3) is 6.01. The van der Waals surface area contributed by atoms with Crippen molar-refractivity contribution in [2.45, 2.75) is 6.42 Å². The smallest absolute Gasteiger partial charge is 0.311 e. The summed E-state index contributed by atoms with van der Waals surface area (Å²) in [5.74, 6) is -1.98. The van der Waals surface area contributed by atoms with Crippen LogP contribution >= 0.6 is 15.9 Å². The van der Waals surface area contributed by atoms with Crippen LogP contribution in [0.1, 0.15) is 16.8 Å². The van der Waals surface area contributed by atoms with Crippen LogP contribution in [0.5, 0.6) is 11.5 Å². The van der Waals surface area contributed by atoms with E-state index in [1.54, 1.807) is 42.5 Å². The summed E-state index contributed by atoms with van der Waals surface area (Å²) in [6, 6.07) is 11.5. The quantitative estimate of drug-likeness (QED) is 0.422. The van der Waals surface area contributed by atoms with E-state index in [1.165, 1.54) is 19.1 Å². The van der Waals surface area contributed by atoms with Crippen LogP contribution in [-0.2, 0) is 19.1 Å². The number of hydrogen-bond donors (Lipinski definition) is 2. The minimum atomic E-state index is -0.751. The molecule has 11 heteroatoms. The van der Waals surface area contributed by atoms with Crippen molar-refractivity contribution in [1.82, 2.24) is 10.9 Å². The van der Waals surface area contributed by atoms with Crippen molar-refractivity contribution in [3.05, 3.63) is 52.5 Å². The number of amides is 3. The lowest BCUT2D eigenvalue weighted by molar-refractivity contribution is -0.152. The van der Waals surface area contributed by atoms with Gasteiger partial charge < -0.3 is 19.1 Å². The highest BCUT2D eigenvalue weighted by Gasteiger charge is 2.37. The lowest BCUT2D eigenvalue weighted by Crippen LogP contribution is -2.43. The van der Waals surface area contributed by atoms with Gasteiger partial charge in [-0.15, -0.1) is 0 Å². The Kier molecular flexibility index (Phi) is 7.88. The highest BCUT2D eigenvalue weighted by molar-refractivity contribution is 9.10. The maximum Gasteiger partial charge on any atom is 0.311 e. The molecule has 1 fully saturated rings. The molecule has 2 aromatic rings. The van der Waals surface area contributed by atoms with E-state index in [2.05, 4.69) is 26.8 Å². The van der Waals surface area contributed by atoms with Crippen LogP contribution in [0.25, 0.3) is 0 Å². The van der Waals surface area contributed by atoms with Crippen LogP contribution in [0.15, 0.2) is 46.9 Å². The molecule has 2 aromatic carbocycles. The fraction of sp³-hybridized carbons (Fsp3) is 0.273. The molecule has 174 valence electrons. The van der Waals surface area contributed by atoms with Crippen LogP contribution in [0, 0.1) is 5.92 Å². The van der Waals surface area contributed by atoms with Crippen LogP contribution in [0.4, 0.5) is 5.69 Å². The standard InChI is InChI=1S/C22H22BrN3O7/c1-31-16-7-8-18(32-2)17(10-16)26-11-14(9-20(26)28)22(30)33-12-19(27)24-25-21(29)13-3-5-15(23)6-4-13/h3-8,10,14H,9,11-12H2,1-2H3,(H,24,27)(H,25,29)/t14-/m1/s1. The number of rotatable bonds is 7. The van der Waals surface area contributed by atoms with Gasteiger partial charge in [-0.3, -0.25) is 30.0 Å². The van der Waals surface area contributed by atoms with Crippen LogP contribution in [-0.4, -0.2) is 51.1 Å². The number of ether oxygens (including phenoxy) is 3. The number of nitrogens with zero attached hydrogens (tertiary/aromatic N) is 1. The molecule has 1 atom stereocenters. The molecule has 0 bridgehead atoms. The highest BCUT2D eigenvalue weighted by Crippen LogP contribution is 2.36. The maximum atomic E-state index is 12.5. The average Bonchev–Trinajstić information content (AvgIpc) is 3.22. The molecule has 10 nitrogen and oxygen atoms in total. The molecule has 1 saturated heterocycles. The van der Waals surface area contributed by atoms with E-state index < -0.39 is 30.3 Å². The zero-order valence-corrected chi connectivity index (χ0v) is 19.5. The molecule has 1 heterocycles. The van der Waals surface area contributed by atoms with Crippen molar-refractivity contribution < 1.29 is 33.4 Å². The first-order valence-electron chi connectivity index (χ1n) is 9.86. The first kappa shape index (κ1) is 24.1. The average molecular weight is 520 g/mol. The third-order valence-electron chi connectivity index (χ3n) is 4.90. The van der Waals surface area contributed by atoms with Crippen molar-refractivity contribution in [1.29, 1.82) is 0 Å². The lowest BCUT2D eigenvalue weighted by atomic mass is 10.1. The SMILES string of the molecule is COc1ccc(OC)c(N2C[C@H](C(=O)OCC(=O)NNC(=O)c3ccc(Br)cc3)CC2=O)c1. The number of hydrogen-bond acceptors (Lipinski definition) is 7. The van der Waals surface area contributed by atoms with Crippen molar-refractivity contribution in [3.63, 3.8) is 0 Å². The fourth-order valence-corrected chi connectivity index (χ4v) is 3.46. The molecule has 0 aliphatic carbocycles. The summed E-state index contributed by atoms with van der Waals surface area (Å²) in [7, 11) is 2.98. The second-order valence-corrected chi connectivity index (χ2v) is 7.98. The second-order valence-electron chi connectivity index (χ2n) is 7.06. The molecule has 3 rings (SSSR count). The van der Waals surface area contributed by atoms with Gasteiger partial charge in [0.25, 0.3) is 11.8 Å². The Morgan fingerprint density at radius 2 is 1.79 bits per heavy atom. The number of esters is 1. The summed E-state index contributed by atoms with van der Waals surface area (Å²) >= 11 is 3.27. The van der Waals surface area contributed by atoms with E-state index in [9.17, 15) is 19.2 Å². The van der Waals surface area contributed by atoms with E-state index in [4.69, 9.17) is 14.2 Å². The topological polar surface area (TPSA) is 123 Å². The molecule has 0 saturated carbocycles. The Hall–Kier alpha value is -3.60. The predicted molar refractivity (Wildman–Crippen MR) is 121 cm³/mol. The number of halogens is 1. The van der Waals surface area contributed by atoms with Gasteiger partial charge in [0.05, 0.1) is 25.8 Å². The number of nitrogens with one attached hydrogen (secondary N) is 2. The Labute approximate surface area is 198 Å². The van der Waals surface area contributed by atoms with E-state index in [0.717, 1.165) is 4.47 Å². The van der Waals surface area contributed by atoms with Gasteiger partial charge in [-0.25, -0.2) is 0 Å². The minimum Gasteiger partial charge on any atom is -0.497 e. The summed E-state index contributed by atoms with van der Waals surface area (Å²) in [5, 5.41) is 0. The molecule has 2 N–H and O–H groups in total. The molecule has 0 unspecified atom stereocenters. The minimum absolute atomic E-state index is 0.0683. The molecule has 0 radical (unpaired) electrons. The van der Waals surface area contributed by atoms with Crippen LogP contribution in [0.3, 0.4) is 0 Å². The maximum absolute atomic E-state index is 12.5. The molecule has 3 amide bonds. The number of benzene rings is 2. The van der Waals surface area contributed by atoms with Crippen molar-refractivity contribution in [3.8, 4) is 11.5 Å². The second kappa shape index (κ2) is 10.8. The van der Waals surface area contributed by atoms with Gasteiger partial charge in [-0.1, -0.05) is 15.9 Å². The van der Waals surface area contributed by atoms with Crippen LogP contribution < -0.4 is 25.2 Å². The lowest BCUT2D eigenvalue weighted by Gasteiger charge is -2.20. The molecule has 1 aliphatic heterocycles. The van der Waals surface area contributed by atoms with Crippen molar-refractivity contribution in [2.24, 2.45) is 5.92 Å². The molecule has 0 spiro atoms.